The summed E-state index contributed by atoms with van der Waals surface area (Å²) in [5, 5.41) is 10.5. The van der Waals surface area contributed by atoms with Crippen molar-refractivity contribution in [2.75, 3.05) is 26.8 Å². The summed E-state index contributed by atoms with van der Waals surface area (Å²) in [6, 6.07) is 8.21. The zero-order chi connectivity index (χ0) is 13.0. The maximum atomic E-state index is 10.5. The van der Waals surface area contributed by atoms with Gasteiger partial charge in [-0.15, -0.1) is 0 Å². The van der Waals surface area contributed by atoms with Gasteiger partial charge in [-0.2, -0.15) is 0 Å². The van der Waals surface area contributed by atoms with E-state index in [1.54, 1.807) is 0 Å². The molecule has 1 aliphatic heterocycles. The summed E-state index contributed by atoms with van der Waals surface area (Å²) in [5.74, 6) is 0. The summed E-state index contributed by atoms with van der Waals surface area (Å²) >= 11 is 3.55. The second-order valence-corrected chi connectivity index (χ2v) is 5.95. The van der Waals surface area contributed by atoms with Gasteiger partial charge in [0.1, 0.15) is 0 Å². The van der Waals surface area contributed by atoms with Gasteiger partial charge in [0.15, 0.2) is 0 Å². The first-order valence-electron chi connectivity index (χ1n) is 6.31. The van der Waals surface area contributed by atoms with E-state index in [0.29, 0.717) is 19.8 Å². The van der Waals surface area contributed by atoms with Crippen molar-refractivity contribution in [3.05, 3.63) is 34.3 Å². The molecule has 1 aromatic carbocycles. The molecule has 0 amide bonds. The Morgan fingerprint density at radius 1 is 1.33 bits per heavy atom. The van der Waals surface area contributed by atoms with E-state index >= 15 is 0 Å². The van der Waals surface area contributed by atoms with Crippen LogP contribution < -0.4 is 0 Å². The van der Waals surface area contributed by atoms with Crippen molar-refractivity contribution in [3.63, 3.8) is 0 Å². The number of aliphatic hydroxyl groups is 1. The molecule has 0 atom stereocenters. The standard InChI is InChI=1S/C14H20BrNO2/c1-16(10-12-4-2-3-5-13(12)15)11-14(17)6-8-18-9-7-14/h2-5,17H,6-11H2,1H3. The number of ether oxygens (including phenoxy) is 1. The Labute approximate surface area is 117 Å². The summed E-state index contributed by atoms with van der Waals surface area (Å²) in [6.45, 7) is 2.86. The molecule has 0 saturated carbocycles. The van der Waals surface area contributed by atoms with E-state index in [2.05, 4.69) is 26.9 Å². The molecule has 0 radical (unpaired) electrons. The second-order valence-electron chi connectivity index (χ2n) is 5.10. The first-order valence-corrected chi connectivity index (χ1v) is 7.10. The third kappa shape index (κ3) is 3.79. The molecule has 18 heavy (non-hydrogen) atoms. The lowest BCUT2D eigenvalue weighted by Gasteiger charge is -2.35. The van der Waals surface area contributed by atoms with Crippen LogP contribution in [0.25, 0.3) is 0 Å². The highest BCUT2D eigenvalue weighted by molar-refractivity contribution is 9.10. The minimum Gasteiger partial charge on any atom is -0.388 e. The quantitative estimate of drug-likeness (QED) is 0.926. The molecule has 0 bridgehead atoms. The zero-order valence-electron chi connectivity index (χ0n) is 10.7. The molecule has 1 fully saturated rings. The summed E-state index contributed by atoms with van der Waals surface area (Å²) in [5.41, 5.74) is 0.657. The van der Waals surface area contributed by atoms with Gasteiger partial charge in [0, 0.05) is 43.6 Å². The molecule has 1 saturated heterocycles. The molecule has 1 heterocycles. The van der Waals surface area contributed by atoms with Gasteiger partial charge in [0.05, 0.1) is 5.60 Å². The van der Waals surface area contributed by atoms with Crippen LogP contribution in [0.5, 0.6) is 0 Å². The number of likely N-dealkylation sites (N-methyl/N-ethyl adjacent to an activating group) is 1. The van der Waals surface area contributed by atoms with E-state index in [1.165, 1.54) is 5.56 Å². The normalized spacial score (nSPS) is 19.1. The third-order valence-corrected chi connectivity index (χ3v) is 4.16. The minimum atomic E-state index is -0.589. The van der Waals surface area contributed by atoms with Gasteiger partial charge in [-0.3, -0.25) is 4.90 Å². The molecule has 4 heteroatoms. The molecule has 0 aliphatic carbocycles. The fraction of sp³-hybridized carbons (Fsp3) is 0.571. The van der Waals surface area contributed by atoms with Crippen LogP contribution in [-0.2, 0) is 11.3 Å². The fourth-order valence-corrected chi connectivity index (χ4v) is 2.80. The molecule has 1 N–H and O–H groups in total. The van der Waals surface area contributed by atoms with Gasteiger partial charge >= 0.3 is 0 Å². The maximum Gasteiger partial charge on any atom is 0.0817 e. The van der Waals surface area contributed by atoms with Crippen LogP contribution in [-0.4, -0.2) is 42.4 Å². The van der Waals surface area contributed by atoms with E-state index in [4.69, 9.17) is 4.74 Å². The molecule has 3 nitrogen and oxygen atoms in total. The largest absolute Gasteiger partial charge is 0.388 e. The number of halogens is 1. The van der Waals surface area contributed by atoms with Crippen LogP contribution in [0.4, 0.5) is 0 Å². The molecule has 0 aromatic heterocycles. The average molecular weight is 314 g/mol. The van der Waals surface area contributed by atoms with Gasteiger partial charge in [-0.1, -0.05) is 34.1 Å². The van der Waals surface area contributed by atoms with E-state index in [9.17, 15) is 5.11 Å². The second kappa shape index (κ2) is 6.15. The lowest BCUT2D eigenvalue weighted by Crippen LogP contribution is -2.45. The molecule has 1 aromatic rings. The lowest BCUT2D eigenvalue weighted by atomic mass is 9.94. The minimum absolute atomic E-state index is 0.589. The summed E-state index contributed by atoms with van der Waals surface area (Å²) in [4.78, 5) is 2.17. The first-order chi connectivity index (χ1) is 8.59. The summed E-state index contributed by atoms with van der Waals surface area (Å²) in [7, 11) is 2.05. The highest BCUT2D eigenvalue weighted by Gasteiger charge is 2.30. The number of hydrogen-bond donors (Lipinski definition) is 1. The van der Waals surface area contributed by atoms with Crippen LogP contribution in [0, 0.1) is 0 Å². The van der Waals surface area contributed by atoms with Gasteiger partial charge in [-0.25, -0.2) is 0 Å². The summed E-state index contributed by atoms with van der Waals surface area (Å²) < 4.78 is 6.42. The van der Waals surface area contributed by atoms with Crippen LogP contribution in [0.2, 0.25) is 0 Å². The number of benzene rings is 1. The van der Waals surface area contributed by atoms with Gasteiger partial charge in [-0.05, 0) is 18.7 Å². The average Bonchev–Trinajstić information content (AvgIpc) is 2.32. The fourth-order valence-electron chi connectivity index (χ4n) is 2.39. The van der Waals surface area contributed by atoms with Crippen molar-refractivity contribution in [3.8, 4) is 0 Å². The van der Waals surface area contributed by atoms with E-state index in [0.717, 1.165) is 23.9 Å². The van der Waals surface area contributed by atoms with Crippen molar-refractivity contribution < 1.29 is 9.84 Å². The van der Waals surface area contributed by atoms with E-state index in [-0.39, 0.29) is 0 Å². The topological polar surface area (TPSA) is 32.7 Å². The molecular weight excluding hydrogens is 294 g/mol. The molecule has 2 rings (SSSR count). The Balaban J connectivity index is 1.92. The predicted molar refractivity (Wildman–Crippen MR) is 75.5 cm³/mol. The maximum absolute atomic E-state index is 10.5. The van der Waals surface area contributed by atoms with Crippen LogP contribution in [0.3, 0.4) is 0 Å². The Kier molecular flexibility index (Phi) is 4.78. The van der Waals surface area contributed by atoms with Gasteiger partial charge < -0.3 is 9.84 Å². The smallest absolute Gasteiger partial charge is 0.0817 e. The molecule has 0 spiro atoms. The highest BCUT2D eigenvalue weighted by atomic mass is 79.9. The number of hydrogen-bond acceptors (Lipinski definition) is 3. The molecule has 0 unspecified atom stereocenters. The Morgan fingerprint density at radius 2 is 2.00 bits per heavy atom. The van der Waals surface area contributed by atoms with Crippen LogP contribution in [0.15, 0.2) is 28.7 Å². The Bertz CT molecular complexity index is 391. The SMILES string of the molecule is CN(Cc1ccccc1Br)CC1(O)CCOCC1. The molecule has 1 aliphatic rings. The van der Waals surface area contributed by atoms with Crippen molar-refractivity contribution in [2.45, 2.75) is 25.0 Å². The predicted octanol–water partition coefficient (Wildman–Crippen LogP) is 2.42. The highest BCUT2D eigenvalue weighted by Crippen LogP contribution is 2.23. The summed E-state index contributed by atoms with van der Waals surface area (Å²) in [6.07, 6.45) is 1.46. The van der Waals surface area contributed by atoms with Crippen molar-refractivity contribution in [2.24, 2.45) is 0 Å². The zero-order valence-corrected chi connectivity index (χ0v) is 12.3. The van der Waals surface area contributed by atoms with E-state index < -0.39 is 5.60 Å². The molecular formula is C14H20BrNO2. The number of nitrogens with zero attached hydrogens (tertiary/aromatic N) is 1. The third-order valence-electron chi connectivity index (χ3n) is 3.39. The lowest BCUT2D eigenvalue weighted by molar-refractivity contribution is -0.0777. The monoisotopic (exact) mass is 313 g/mol. The number of rotatable bonds is 4. The van der Waals surface area contributed by atoms with E-state index in [1.807, 2.05) is 25.2 Å². The van der Waals surface area contributed by atoms with Gasteiger partial charge in [0.2, 0.25) is 0 Å². The van der Waals surface area contributed by atoms with Crippen molar-refractivity contribution >= 4 is 15.9 Å². The van der Waals surface area contributed by atoms with Gasteiger partial charge in [0.25, 0.3) is 0 Å². The first kappa shape index (κ1) is 14.0. The van der Waals surface area contributed by atoms with Crippen LogP contribution >= 0.6 is 15.9 Å². The van der Waals surface area contributed by atoms with Crippen LogP contribution in [0.1, 0.15) is 18.4 Å². The van der Waals surface area contributed by atoms with Crippen molar-refractivity contribution in [1.29, 1.82) is 0 Å². The Morgan fingerprint density at radius 3 is 2.67 bits per heavy atom. The Hall–Kier alpha value is -0.420. The molecule has 100 valence electrons. The van der Waals surface area contributed by atoms with Crippen molar-refractivity contribution in [1.82, 2.24) is 4.90 Å².